The van der Waals surface area contributed by atoms with E-state index in [9.17, 15) is 9.90 Å². The first-order chi connectivity index (χ1) is 12.6. The molecular formula is C21H27NO4. The lowest BCUT2D eigenvalue weighted by molar-refractivity contribution is -0.166. The number of piperidine rings is 1. The first-order valence-corrected chi connectivity index (χ1v) is 9.34. The molecule has 26 heavy (non-hydrogen) atoms. The number of carbonyl (C=O) groups excluding carboxylic acids is 1. The van der Waals surface area contributed by atoms with Crippen molar-refractivity contribution < 1.29 is 19.1 Å². The fraction of sp³-hybridized carbons (Fsp3) is 0.476. The number of ether oxygens (including phenoxy) is 1. The zero-order valence-corrected chi connectivity index (χ0v) is 15.3. The highest BCUT2D eigenvalue weighted by molar-refractivity contribution is 5.69. The Bertz CT molecular complexity index is 675. The molecule has 0 radical (unpaired) electrons. The summed E-state index contributed by atoms with van der Waals surface area (Å²) in [4.78, 5) is 14.3. The second kappa shape index (κ2) is 8.52. The molecule has 1 aromatic heterocycles. The molecule has 140 valence electrons. The molecule has 1 atom stereocenters. The normalized spacial score (nSPS) is 18.4. The molecule has 1 fully saturated rings. The average Bonchev–Trinajstić information content (AvgIpc) is 3.23. The van der Waals surface area contributed by atoms with Gasteiger partial charge in [-0.3, -0.25) is 4.79 Å². The van der Waals surface area contributed by atoms with Crippen molar-refractivity contribution in [1.29, 1.82) is 0 Å². The fourth-order valence-electron chi connectivity index (χ4n) is 3.55. The highest BCUT2D eigenvalue weighted by Gasteiger charge is 2.39. The number of likely N-dealkylation sites (tertiary alicyclic amines) is 1. The van der Waals surface area contributed by atoms with Crippen molar-refractivity contribution in [3.63, 3.8) is 0 Å². The summed E-state index contributed by atoms with van der Waals surface area (Å²) >= 11 is 0. The van der Waals surface area contributed by atoms with Crippen LogP contribution in [0.1, 0.15) is 50.0 Å². The Balaban J connectivity index is 1.60. The van der Waals surface area contributed by atoms with Crippen molar-refractivity contribution in [2.75, 3.05) is 19.6 Å². The van der Waals surface area contributed by atoms with E-state index >= 15 is 0 Å². The Hall–Kier alpha value is -2.11. The monoisotopic (exact) mass is 357 g/mol. The van der Waals surface area contributed by atoms with Crippen LogP contribution in [-0.4, -0.2) is 35.6 Å². The lowest BCUT2D eigenvalue weighted by Gasteiger charge is -2.41. The first-order valence-electron chi connectivity index (χ1n) is 9.34. The van der Waals surface area contributed by atoms with E-state index in [-0.39, 0.29) is 5.97 Å². The highest BCUT2D eigenvalue weighted by atomic mass is 16.6. The summed E-state index contributed by atoms with van der Waals surface area (Å²) in [5.41, 5.74) is 0.530. The summed E-state index contributed by atoms with van der Waals surface area (Å²) in [6.45, 7) is 4.27. The van der Waals surface area contributed by atoms with Crippen LogP contribution in [0.3, 0.4) is 0 Å². The molecular weight excluding hydrogens is 330 g/mol. The van der Waals surface area contributed by atoms with Gasteiger partial charge in [-0.1, -0.05) is 37.3 Å². The van der Waals surface area contributed by atoms with Crippen molar-refractivity contribution in [2.24, 2.45) is 0 Å². The summed E-state index contributed by atoms with van der Waals surface area (Å²) in [5.74, 6) is 0.452. The van der Waals surface area contributed by atoms with Gasteiger partial charge in [-0.25, -0.2) is 0 Å². The third-order valence-electron chi connectivity index (χ3n) is 5.15. The van der Waals surface area contributed by atoms with Crippen molar-refractivity contribution in [3.05, 3.63) is 60.1 Å². The number of furan rings is 1. The van der Waals surface area contributed by atoms with Gasteiger partial charge in [0.25, 0.3) is 0 Å². The van der Waals surface area contributed by atoms with Gasteiger partial charge < -0.3 is 19.2 Å². The van der Waals surface area contributed by atoms with Crippen LogP contribution in [0.15, 0.2) is 53.1 Å². The molecule has 5 heteroatoms. The number of aliphatic hydroxyl groups is 1. The van der Waals surface area contributed by atoms with E-state index < -0.39 is 11.7 Å². The number of carbonyl (C=O) groups is 1. The van der Waals surface area contributed by atoms with Crippen LogP contribution in [-0.2, 0) is 15.1 Å². The van der Waals surface area contributed by atoms with Crippen molar-refractivity contribution in [1.82, 2.24) is 4.90 Å². The number of esters is 1. The molecule has 0 amide bonds. The van der Waals surface area contributed by atoms with E-state index in [1.807, 2.05) is 37.3 Å². The zero-order valence-electron chi connectivity index (χ0n) is 15.3. The zero-order chi connectivity index (χ0) is 18.4. The van der Waals surface area contributed by atoms with Crippen LogP contribution < -0.4 is 0 Å². The molecule has 2 heterocycles. The second-order valence-electron chi connectivity index (χ2n) is 6.85. The van der Waals surface area contributed by atoms with Crippen molar-refractivity contribution >= 4 is 5.97 Å². The number of rotatable bonds is 7. The summed E-state index contributed by atoms with van der Waals surface area (Å²) in [7, 11) is 0. The molecule has 1 unspecified atom stereocenters. The van der Waals surface area contributed by atoms with Gasteiger partial charge in [0.15, 0.2) is 0 Å². The minimum atomic E-state index is -0.580. The van der Waals surface area contributed by atoms with Gasteiger partial charge in [0, 0.05) is 38.9 Å². The van der Waals surface area contributed by atoms with E-state index in [1.165, 1.54) is 0 Å². The van der Waals surface area contributed by atoms with Crippen LogP contribution in [0.4, 0.5) is 0 Å². The molecule has 3 rings (SSSR count). The Morgan fingerprint density at radius 3 is 2.58 bits per heavy atom. The second-order valence-corrected chi connectivity index (χ2v) is 6.85. The molecule has 1 aromatic carbocycles. The van der Waals surface area contributed by atoms with Crippen LogP contribution >= 0.6 is 0 Å². The lowest BCUT2D eigenvalue weighted by Crippen LogP contribution is -2.45. The van der Waals surface area contributed by atoms with Crippen molar-refractivity contribution in [2.45, 2.75) is 44.3 Å². The number of nitrogens with zero attached hydrogens (tertiary/aromatic N) is 1. The summed E-state index contributed by atoms with van der Waals surface area (Å²) in [5, 5.41) is 10.2. The van der Waals surface area contributed by atoms with E-state index in [2.05, 4.69) is 4.90 Å². The molecule has 0 saturated carbocycles. The molecule has 1 aliphatic heterocycles. The molecule has 1 saturated heterocycles. The van der Waals surface area contributed by atoms with Crippen molar-refractivity contribution in [3.8, 4) is 0 Å². The Labute approximate surface area is 154 Å². The lowest BCUT2D eigenvalue weighted by atomic mass is 9.84. The molecule has 2 aromatic rings. The van der Waals surface area contributed by atoms with Gasteiger partial charge in [-0.2, -0.15) is 0 Å². The maximum Gasteiger partial charge on any atom is 0.306 e. The predicted octanol–water partition coefficient (Wildman–Crippen LogP) is 3.65. The number of hydrogen-bond donors (Lipinski definition) is 1. The molecule has 0 bridgehead atoms. The standard InChI is InChI=1S/C21H27NO4/c1-2-20(24)26-21(17-7-4-3-5-8-17)11-14-22(15-12-21)13-10-18(23)19-9-6-16-25-19/h3-9,16,18,23H,2,10-15H2,1H3. The van der Waals surface area contributed by atoms with Crippen LogP contribution in [0.5, 0.6) is 0 Å². The minimum absolute atomic E-state index is 0.157. The van der Waals surface area contributed by atoms with E-state index in [1.54, 1.807) is 18.4 Å². The number of hydrogen-bond acceptors (Lipinski definition) is 5. The van der Waals surface area contributed by atoms with Gasteiger partial charge in [0.05, 0.1) is 6.26 Å². The maximum atomic E-state index is 12.0. The largest absolute Gasteiger partial charge is 0.467 e. The van der Waals surface area contributed by atoms with Gasteiger partial charge >= 0.3 is 5.97 Å². The number of benzene rings is 1. The molecule has 0 spiro atoms. The van der Waals surface area contributed by atoms with Gasteiger partial charge in [0.1, 0.15) is 17.5 Å². The van der Waals surface area contributed by atoms with Gasteiger partial charge in [-0.05, 0) is 24.1 Å². The predicted molar refractivity (Wildman–Crippen MR) is 98.5 cm³/mol. The van der Waals surface area contributed by atoms with Gasteiger partial charge in [0.2, 0.25) is 0 Å². The third-order valence-corrected chi connectivity index (χ3v) is 5.15. The molecule has 0 aliphatic carbocycles. The van der Waals surface area contributed by atoms with E-state index in [4.69, 9.17) is 9.15 Å². The number of aliphatic hydroxyl groups excluding tert-OH is 1. The fourth-order valence-corrected chi connectivity index (χ4v) is 3.55. The Morgan fingerprint density at radius 2 is 1.96 bits per heavy atom. The maximum absolute atomic E-state index is 12.0. The third kappa shape index (κ3) is 4.34. The molecule has 5 nitrogen and oxygen atoms in total. The van der Waals surface area contributed by atoms with E-state index in [0.717, 1.165) is 38.0 Å². The Morgan fingerprint density at radius 1 is 1.23 bits per heavy atom. The molecule has 1 N–H and O–H groups in total. The van der Waals surface area contributed by atoms with Gasteiger partial charge in [-0.15, -0.1) is 0 Å². The van der Waals surface area contributed by atoms with Crippen LogP contribution in [0.25, 0.3) is 0 Å². The minimum Gasteiger partial charge on any atom is -0.467 e. The van der Waals surface area contributed by atoms with Crippen LogP contribution in [0.2, 0.25) is 0 Å². The SMILES string of the molecule is CCC(=O)OC1(c2ccccc2)CCN(CCC(O)c2ccco2)CC1. The smallest absolute Gasteiger partial charge is 0.306 e. The molecule has 1 aliphatic rings. The topological polar surface area (TPSA) is 62.9 Å². The summed E-state index contributed by atoms with van der Waals surface area (Å²) in [6, 6.07) is 13.6. The van der Waals surface area contributed by atoms with E-state index in [0.29, 0.717) is 18.6 Å². The average molecular weight is 357 g/mol. The first kappa shape index (κ1) is 18.7. The van der Waals surface area contributed by atoms with Crippen LogP contribution in [0, 0.1) is 0 Å². The quantitative estimate of drug-likeness (QED) is 0.767. The Kier molecular flexibility index (Phi) is 6.12. The summed E-state index contributed by atoms with van der Waals surface area (Å²) in [6.07, 6.45) is 3.53. The highest BCUT2D eigenvalue weighted by Crippen LogP contribution is 2.37. The summed E-state index contributed by atoms with van der Waals surface area (Å²) < 4.78 is 11.2.